The minimum absolute atomic E-state index is 0.0864. The lowest BCUT2D eigenvalue weighted by atomic mass is 9.77. The Morgan fingerprint density at radius 3 is 2.53 bits per heavy atom. The monoisotopic (exact) mass is 210 g/mol. The highest BCUT2D eigenvalue weighted by molar-refractivity contribution is 5.83. The summed E-state index contributed by atoms with van der Waals surface area (Å²) in [4.78, 5) is 12.1. The third kappa shape index (κ3) is 2.51. The third-order valence-electron chi connectivity index (χ3n) is 3.82. The van der Waals surface area contributed by atoms with Crippen LogP contribution in [0.25, 0.3) is 0 Å². The summed E-state index contributed by atoms with van der Waals surface area (Å²) in [6.07, 6.45) is 8.19. The van der Waals surface area contributed by atoms with Gasteiger partial charge in [-0.3, -0.25) is 4.79 Å². The zero-order chi connectivity index (χ0) is 10.6. The van der Waals surface area contributed by atoms with Crippen LogP contribution in [0.3, 0.4) is 0 Å². The lowest BCUT2D eigenvalue weighted by Gasteiger charge is -2.33. The lowest BCUT2D eigenvalue weighted by molar-refractivity contribution is -0.132. The molecule has 1 spiro atoms. The topological polar surface area (TPSA) is 41.1 Å². The van der Waals surface area contributed by atoms with Crippen molar-refractivity contribution in [3.05, 3.63) is 0 Å². The molecule has 15 heavy (non-hydrogen) atoms. The van der Waals surface area contributed by atoms with Gasteiger partial charge in [0.05, 0.1) is 5.41 Å². The van der Waals surface area contributed by atoms with E-state index < -0.39 is 0 Å². The molecule has 2 aliphatic heterocycles. The molecule has 3 heteroatoms. The molecule has 0 aliphatic carbocycles. The highest BCUT2D eigenvalue weighted by Gasteiger charge is 2.38. The Morgan fingerprint density at radius 1 is 0.933 bits per heavy atom. The summed E-state index contributed by atoms with van der Waals surface area (Å²) in [5.41, 5.74) is -0.0864. The van der Waals surface area contributed by atoms with E-state index in [1.165, 1.54) is 25.7 Å². The van der Waals surface area contributed by atoms with Gasteiger partial charge in [0.1, 0.15) is 0 Å². The van der Waals surface area contributed by atoms with Gasteiger partial charge in [0.2, 0.25) is 5.91 Å². The van der Waals surface area contributed by atoms with E-state index in [1.807, 2.05) is 0 Å². The van der Waals surface area contributed by atoms with Gasteiger partial charge in [0.25, 0.3) is 0 Å². The highest BCUT2D eigenvalue weighted by Crippen LogP contribution is 2.33. The summed E-state index contributed by atoms with van der Waals surface area (Å²) in [7, 11) is 0. The second kappa shape index (κ2) is 4.97. The minimum Gasteiger partial charge on any atom is -0.356 e. The molecule has 0 aromatic heterocycles. The van der Waals surface area contributed by atoms with Gasteiger partial charge in [0.15, 0.2) is 0 Å². The smallest absolute Gasteiger partial charge is 0.227 e. The average molecular weight is 210 g/mol. The van der Waals surface area contributed by atoms with E-state index in [1.54, 1.807) is 0 Å². The van der Waals surface area contributed by atoms with Gasteiger partial charge < -0.3 is 10.6 Å². The lowest BCUT2D eigenvalue weighted by Crippen LogP contribution is -2.47. The van der Waals surface area contributed by atoms with Gasteiger partial charge >= 0.3 is 0 Å². The van der Waals surface area contributed by atoms with Crippen LogP contribution in [-0.4, -0.2) is 25.5 Å². The second-order valence-electron chi connectivity index (χ2n) is 4.98. The first-order chi connectivity index (χ1) is 7.33. The van der Waals surface area contributed by atoms with Crippen molar-refractivity contribution >= 4 is 5.91 Å². The molecule has 1 atom stereocenters. The Morgan fingerprint density at radius 2 is 1.67 bits per heavy atom. The highest BCUT2D eigenvalue weighted by atomic mass is 16.2. The molecule has 86 valence electrons. The molecule has 2 N–H and O–H groups in total. The van der Waals surface area contributed by atoms with Crippen LogP contribution in [0.1, 0.15) is 44.9 Å². The van der Waals surface area contributed by atoms with E-state index in [2.05, 4.69) is 10.6 Å². The maximum Gasteiger partial charge on any atom is 0.227 e. The molecule has 2 aliphatic rings. The molecule has 0 bridgehead atoms. The van der Waals surface area contributed by atoms with Crippen LogP contribution in [0.4, 0.5) is 0 Å². The van der Waals surface area contributed by atoms with Crippen molar-refractivity contribution in [3.8, 4) is 0 Å². The first kappa shape index (κ1) is 10.9. The fraction of sp³-hybridized carbons (Fsp3) is 0.917. The van der Waals surface area contributed by atoms with Crippen molar-refractivity contribution in [1.29, 1.82) is 0 Å². The molecule has 2 heterocycles. The zero-order valence-electron chi connectivity index (χ0n) is 9.48. The summed E-state index contributed by atoms with van der Waals surface area (Å²) in [5.74, 6) is 0.302. The summed E-state index contributed by atoms with van der Waals surface area (Å²) in [5, 5.41) is 6.52. The van der Waals surface area contributed by atoms with Gasteiger partial charge in [-0.1, -0.05) is 19.3 Å². The van der Waals surface area contributed by atoms with E-state index in [9.17, 15) is 4.79 Å². The van der Waals surface area contributed by atoms with E-state index in [0.29, 0.717) is 5.91 Å². The number of hydrogen-bond acceptors (Lipinski definition) is 2. The fourth-order valence-corrected chi connectivity index (χ4v) is 2.80. The predicted octanol–water partition coefficient (Wildman–Crippen LogP) is 1.44. The molecule has 1 amide bonds. The molecule has 2 saturated heterocycles. The Bertz CT molecular complexity index is 220. The van der Waals surface area contributed by atoms with Crippen molar-refractivity contribution in [2.24, 2.45) is 5.41 Å². The average Bonchev–Trinajstić information content (AvgIpc) is 2.47. The molecule has 0 aromatic carbocycles. The van der Waals surface area contributed by atoms with Gasteiger partial charge in [-0.15, -0.1) is 0 Å². The predicted molar refractivity (Wildman–Crippen MR) is 60.6 cm³/mol. The van der Waals surface area contributed by atoms with Crippen LogP contribution < -0.4 is 10.6 Å². The number of carbonyl (C=O) groups is 1. The molecule has 3 nitrogen and oxygen atoms in total. The zero-order valence-corrected chi connectivity index (χ0v) is 9.48. The van der Waals surface area contributed by atoms with Crippen LogP contribution in [0.5, 0.6) is 0 Å². The largest absolute Gasteiger partial charge is 0.356 e. The number of rotatable bonds is 0. The second-order valence-corrected chi connectivity index (χ2v) is 4.98. The van der Waals surface area contributed by atoms with Crippen LogP contribution in [0.2, 0.25) is 0 Å². The molecule has 2 fully saturated rings. The Labute approximate surface area is 92.0 Å². The third-order valence-corrected chi connectivity index (χ3v) is 3.82. The van der Waals surface area contributed by atoms with Gasteiger partial charge in [0, 0.05) is 13.1 Å². The summed E-state index contributed by atoms with van der Waals surface area (Å²) < 4.78 is 0. The van der Waals surface area contributed by atoms with Gasteiger partial charge in [-0.25, -0.2) is 0 Å². The van der Waals surface area contributed by atoms with E-state index in [4.69, 9.17) is 0 Å². The minimum atomic E-state index is -0.0864. The van der Waals surface area contributed by atoms with Crippen LogP contribution in [-0.2, 0) is 4.79 Å². The number of amides is 1. The van der Waals surface area contributed by atoms with E-state index >= 15 is 0 Å². The van der Waals surface area contributed by atoms with Crippen LogP contribution >= 0.6 is 0 Å². The standard InChI is InChI=1S/C12H22N2O/c15-11-12(6-2-1-4-9-14-11)7-3-5-8-13-10-12/h13H,1-10H2,(H,14,15). The Kier molecular flexibility index (Phi) is 3.62. The quantitative estimate of drug-likeness (QED) is 0.635. The molecule has 1 unspecified atom stereocenters. The number of hydrogen-bond donors (Lipinski definition) is 2. The van der Waals surface area contributed by atoms with E-state index in [-0.39, 0.29) is 5.41 Å². The van der Waals surface area contributed by atoms with Crippen molar-refractivity contribution < 1.29 is 4.79 Å². The molecular weight excluding hydrogens is 188 g/mol. The fourth-order valence-electron chi connectivity index (χ4n) is 2.80. The number of nitrogens with one attached hydrogen (secondary N) is 2. The Hall–Kier alpha value is -0.570. The summed E-state index contributed by atoms with van der Waals surface area (Å²) in [6.45, 7) is 2.84. The summed E-state index contributed by atoms with van der Waals surface area (Å²) in [6, 6.07) is 0. The Balaban J connectivity index is 2.08. The van der Waals surface area contributed by atoms with Crippen molar-refractivity contribution in [2.75, 3.05) is 19.6 Å². The summed E-state index contributed by atoms with van der Waals surface area (Å²) >= 11 is 0. The molecule has 0 aromatic rings. The molecule has 0 radical (unpaired) electrons. The molecule has 0 saturated carbocycles. The van der Waals surface area contributed by atoms with Gasteiger partial charge in [-0.2, -0.15) is 0 Å². The normalized spacial score (nSPS) is 34.0. The number of carbonyl (C=O) groups excluding carboxylic acids is 1. The molecule has 2 rings (SSSR count). The maximum atomic E-state index is 12.1. The van der Waals surface area contributed by atoms with E-state index in [0.717, 1.165) is 38.9 Å². The van der Waals surface area contributed by atoms with Crippen LogP contribution in [0, 0.1) is 5.41 Å². The first-order valence-electron chi connectivity index (χ1n) is 6.33. The van der Waals surface area contributed by atoms with Crippen LogP contribution in [0.15, 0.2) is 0 Å². The first-order valence-corrected chi connectivity index (χ1v) is 6.33. The SMILES string of the molecule is O=C1NCCCCCC12CCCCNC2. The van der Waals surface area contributed by atoms with Gasteiger partial charge in [-0.05, 0) is 32.2 Å². The van der Waals surface area contributed by atoms with Crippen molar-refractivity contribution in [3.63, 3.8) is 0 Å². The van der Waals surface area contributed by atoms with Crippen molar-refractivity contribution in [1.82, 2.24) is 10.6 Å². The molecular formula is C12H22N2O. The maximum absolute atomic E-state index is 12.1. The van der Waals surface area contributed by atoms with Crippen molar-refractivity contribution in [2.45, 2.75) is 44.9 Å².